The largest absolute Gasteiger partial charge is 0.352 e. The van der Waals surface area contributed by atoms with Gasteiger partial charge in [0.25, 0.3) is 5.91 Å². The molecule has 5 heteroatoms. The molecule has 1 aromatic heterocycles. The molecule has 0 saturated heterocycles. The fourth-order valence-corrected chi connectivity index (χ4v) is 3.22. The van der Waals surface area contributed by atoms with Gasteiger partial charge in [-0.1, -0.05) is 29.8 Å². The summed E-state index contributed by atoms with van der Waals surface area (Å²) in [6, 6.07) is 13.9. The van der Waals surface area contributed by atoms with Crippen molar-refractivity contribution in [3.8, 4) is 10.6 Å². The molecule has 3 nitrogen and oxygen atoms in total. The third-order valence-corrected chi connectivity index (χ3v) is 4.51. The van der Waals surface area contributed by atoms with Crippen LogP contribution in [0.4, 0.5) is 4.39 Å². The maximum Gasteiger partial charge on any atom is 0.251 e. The van der Waals surface area contributed by atoms with Crippen molar-refractivity contribution >= 4 is 17.2 Å². The summed E-state index contributed by atoms with van der Waals surface area (Å²) in [6.07, 6.45) is 0.642. The number of aryl methyl sites for hydroxylation is 1. The normalized spacial score (nSPS) is 10.6. The minimum atomic E-state index is -0.412. The van der Waals surface area contributed by atoms with Crippen LogP contribution >= 0.6 is 11.3 Å². The number of amides is 1. The molecule has 0 aliphatic rings. The smallest absolute Gasteiger partial charge is 0.251 e. The fourth-order valence-electron chi connectivity index (χ4n) is 2.37. The number of halogens is 1. The summed E-state index contributed by atoms with van der Waals surface area (Å²) >= 11 is 1.60. The number of hydrogen-bond donors (Lipinski definition) is 1. The number of carbonyl (C=O) groups excluding carboxylic acids is 1. The molecule has 3 rings (SSSR count). The molecule has 122 valence electrons. The summed E-state index contributed by atoms with van der Waals surface area (Å²) in [5.74, 6) is -0.686. The Labute approximate surface area is 144 Å². The Morgan fingerprint density at radius 2 is 2.04 bits per heavy atom. The molecule has 1 N–H and O–H groups in total. The Morgan fingerprint density at radius 1 is 1.21 bits per heavy atom. The summed E-state index contributed by atoms with van der Waals surface area (Å²) in [5, 5.41) is 5.77. The van der Waals surface area contributed by atoms with Crippen LogP contribution in [0.5, 0.6) is 0 Å². The van der Waals surface area contributed by atoms with E-state index >= 15 is 0 Å². The summed E-state index contributed by atoms with van der Waals surface area (Å²) in [6.45, 7) is 2.52. The molecule has 0 radical (unpaired) electrons. The van der Waals surface area contributed by atoms with Gasteiger partial charge in [-0.25, -0.2) is 9.37 Å². The summed E-state index contributed by atoms with van der Waals surface area (Å²) in [7, 11) is 0. The first-order valence-electron chi connectivity index (χ1n) is 7.67. The molecule has 0 atom stereocenters. The predicted molar refractivity (Wildman–Crippen MR) is 94.7 cm³/mol. The number of nitrogens with one attached hydrogen (secondary N) is 1. The Hall–Kier alpha value is -2.53. The highest BCUT2D eigenvalue weighted by atomic mass is 32.1. The van der Waals surface area contributed by atoms with E-state index in [-0.39, 0.29) is 5.91 Å². The van der Waals surface area contributed by atoms with Crippen LogP contribution in [0.3, 0.4) is 0 Å². The monoisotopic (exact) mass is 340 g/mol. The second-order valence-corrected chi connectivity index (χ2v) is 6.39. The zero-order valence-corrected chi connectivity index (χ0v) is 14.1. The second kappa shape index (κ2) is 7.36. The molecule has 0 aliphatic heterocycles. The zero-order valence-electron chi connectivity index (χ0n) is 13.3. The first kappa shape index (κ1) is 16.3. The van der Waals surface area contributed by atoms with Crippen molar-refractivity contribution in [2.24, 2.45) is 0 Å². The van der Waals surface area contributed by atoms with Crippen LogP contribution in [-0.2, 0) is 6.42 Å². The number of aromatic nitrogens is 1. The maximum absolute atomic E-state index is 13.1. The number of hydrogen-bond acceptors (Lipinski definition) is 3. The molecular weight excluding hydrogens is 323 g/mol. The summed E-state index contributed by atoms with van der Waals surface area (Å²) in [5.41, 5.74) is 3.58. The zero-order chi connectivity index (χ0) is 16.9. The number of rotatable bonds is 5. The number of nitrogens with zero attached hydrogens (tertiary/aromatic N) is 1. The third-order valence-electron chi connectivity index (χ3n) is 3.57. The van der Waals surface area contributed by atoms with Crippen LogP contribution in [0.2, 0.25) is 0 Å². The van der Waals surface area contributed by atoms with Crippen molar-refractivity contribution in [3.63, 3.8) is 0 Å². The van der Waals surface area contributed by atoms with Gasteiger partial charge in [0.1, 0.15) is 10.8 Å². The van der Waals surface area contributed by atoms with Crippen LogP contribution in [0.15, 0.2) is 53.9 Å². The van der Waals surface area contributed by atoms with Crippen molar-refractivity contribution in [1.29, 1.82) is 0 Å². The minimum absolute atomic E-state index is 0.274. The van der Waals surface area contributed by atoms with E-state index in [1.807, 2.05) is 17.5 Å². The van der Waals surface area contributed by atoms with E-state index in [9.17, 15) is 9.18 Å². The molecule has 1 amide bonds. The van der Waals surface area contributed by atoms with Gasteiger partial charge in [-0.05, 0) is 31.2 Å². The van der Waals surface area contributed by atoms with Gasteiger partial charge in [0.2, 0.25) is 0 Å². The lowest BCUT2D eigenvalue weighted by atomic mass is 10.1. The standard InChI is InChI=1S/C19H17FN2OS/c1-13-4-2-6-15(10-13)19-22-17(12-24-19)8-9-21-18(23)14-5-3-7-16(20)11-14/h2-7,10-12H,8-9H2,1H3,(H,21,23). The SMILES string of the molecule is Cc1cccc(-c2nc(CCNC(=O)c3cccc(F)c3)cs2)c1. The van der Waals surface area contributed by atoms with E-state index in [0.29, 0.717) is 18.5 Å². The summed E-state index contributed by atoms with van der Waals surface area (Å²) in [4.78, 5) is 16.6. The van der Waals surface area contributed by atoms with Crippen molar-refractivity contribution in [3.05, 3.63) is 76.5 Å². The summed E-state index contributed by atoms with van der Waals surface area (Å²) < 4.78 is 13.1. The van der Waals surface area contributed by atoms with Gasteiger partial charge in [0.15, 0.2) is 0 Å². The molecule has 0 saturated carbocycles. The van der Waals surface area contributed by atoms with Gasteiger partial charge in [0.05, 0.1) is 5.69 Å². The number of carbonyl (C=O) groups is 1. The van der Waals surface area contributed by atoms with Crippen LogP contribution in [0, 0.1) is 12.7 Å². The van der Waals surface area contributed by atoms with Crippen molar-refractivity contribution in [2.45, 2.75) is 13.3 Å². The lowest BCUT2D eigenvalue weighted by Gasteiger charge is -2.04. The minimum Gasteiger partial charge on any atom is -0.352 e. The van der Waals surface area contributed by atoms with Crippen LogP contribution in [0.1, 0.15) is 21.6 Å². The highest BCUT2D eigenvalue weighted by Crippen LogP contribution is 2.24. The Balaban J connectivity index is 1.57. The van der Waals surface area contributed by atoms with Gasteiger partial charge in [-0.3, -0.25) is 4.79 Å². The van der Waals surface area contributed by atoms with Crippen LogP contribution in [0.25, 0.3) is 10.6 Å². The number of benzene rings is 2. The molecule has 3 aromatic rings. The average molecular weight is 340 g/mol. The van der Waals surface area contributed by atoms with Crippen LogP contribution < -0.4 is 5.32 Å². The van der Waals surface area contributed by atoms with E-state index in [4.69, 9.17) is 0 Å². The topological polar surface area (TPSA) is 42.0 Å². The van der Waals surface area contributed by atoms with E-state index in [1.54, 1.807) is 17.4 Å². The van der Waals surface area contributed by atoms with Gasteiger partial charge in [-0.2, -0.15) is 0 Å². The Morgan fingerprint density at radius 3 is 2.83 bits per heavy atom. The van der Waals surface area contributed by atoms with Gasteiger partial charge in [-0.15, -0.1) is 11.3 Å². The molecule has 1 heterocycles. The second-order valence-electron chi connectivity index (χ2n) is 5.53. The molecule has 0 bridgehead atoms. The molecular formula is C19H17FN2OS. The Kier molecular flexibility index (Phi) is 5.01. The van der Waals surface area contributed by atoms with Crippen molar-refractivity contribution in [1.82, 2.24) is 10.3 Å². The molecule has 2 aromatic carbocycles. The fraction of sp³-hybridized carbons (Fsp3) is 0.158. The van der Waals surface area contributed by atoms with Gasteiger partial charge in [0, 0.05) is 29.5 Å². The van der Waals surface area contributed by atoms with E-state index in [2.05, 4.69) is 29.4 Å². The number of thiazole rings is 1. The lowest BCUT2D eigenvalue weighted by molar-refractivity contribution is 0.0953. The highest BCUT2D eigenvalue weighted by molar-refractivity contribution is 7.13. The first-order chi connectivity index (χ1) is 11.6. The van der Waals surface area contributed by atoms with E-state index < -0.39 is 5.82 Å². The highest BCUT2D eigenvalue weighted by Gasteiger charge is 2.08. The molecule has 24 heavy (non-hydrogen) atoms. The molecule has 0 spiro atoms. The van der Waals surface area contributed by atoms with Crippen LogP contribution in [-0.4, -0.2) is 17.4 Å². The first-order valence-corrected chi connectivity index (χ1v) is 8.55. The van der Waals surface area contributed by atoms with Gasteiger partial charge < -0.3 is 5.32 Å². The van der Waals surface area contributed by atoms with E-state index in [1.165, 1.54) is 23.8 Å². The predicted octanol–water partition coefficient (Wildman–Crippen LogP) is 4.23. The van der Waals surface area contributed by atoms with Gasteiger partial charge >= 0.3 is 0 Å². The lowest BCUT2D eigenvalue weighted by Crippen LogP contribution is -2.25. The molecule has 0 aliphatic carbocycles. The molecule has 0 fully saturated rings. The third kappa shape index (κ3) is 4.06. The maximum atomic E-state index is 13.1. The van der Waals surface area contributed by atoms with Crippen molar-refractivity contribution < 1.29 is 9.18 Å². The average Bonchev–Trinajstić information content (AvgIpc) is 3.04. The quantitative estimate of drug-likeness (QED) is 0.755. The van der Waals surface area contributed by atoms with E-state index in [0.717, 1.165) is 16.3 Å². The van der Waals surface area contributed by atoms with Crippen molar-refractivity contribution in [2.75, 3.05) is 6.54 Å². The molecule has 0 unspecified atom stereocenters. The Bertz CT molecular complexity index is 860.